The third kappa shape index (κ3) is 3.83. The third-order valence-electron chi connectivity index (χ3n) is 3.60. The van der Waals surface area contributed by atoms with Crippen LogP contribution in [0, 0.1) is 13.8 Å². The molecule has 0 saturated heterocycles. The van der Waals surface area contributed by atoms with E-state index in [-0.39, 0.29) is 12.0 Å². The van der Waals surface area contributed by atoms with Crippen LogP contribution in [0.5, 0.6) is 0 Å². The highest BCUT2D eigenvalue weighted by Crippen LogP contribution is 2.22. The number of aromatic nitrogens is 1. The van der Waals surface area contributed by atoms with Crippen molar-refractivity contribution >= 4 is 16.8 Å². The van der Waals surface area contributed by atoms with Gasteiger partial charge in [0.25, 0.3) is 5.91 Å². The number of benzene rings is 1. The van der Waals surface area contributed by atoms with Crippen molar-refractivity contribution in [3.63, 3.8) is 0 Å². The standard InChI is InChI=1S/C16H23N3O2/c1-10(20)9-17-6-7-18-16(21)13-4-5-15-14(8-13)11(2)12(3)19-15/h4-5,8,10,17,19-20H,6-7,9H2,1-3H3,(H,18,21). The van der Waals surface area contributed by atoms with E-state index in [0.717, 1.165) is 16.6 Å². The Labute approximate surface area is 124 Å². The number of aryl methyl sites for hydroxylation is 2. The second kappa shape index (κ2) is 6.74. The molecule has 0 bridgehead atoms. The summed E-state index contributed by atoms with van der Waals surface area (Å²) in [6.45, 7) is 7.51. The average molecular weight is 289 g/mol. The van der Waals surface area contributed by atoms with Crippen molar-refractivity contribution in [2.75, 3.05) is 19.6 Å². The minimum atomic E-state index is -0.372. The van der Waals surface area contributed by atoms with E-state index >= 15 is 0 Å². The molecule has 0 aliphatic carbocycles. The molecule has 4 N–H and O–H groups in total. The van der Waals surface area contributed by atoms with Crippen molar-refractivity contribution in [2.24, 2.45) is 0 Å². The second-order valence-corrected chi connectivity index (χ2v) is 5.44. The van der Waals surface area contributed by atoms with Crippen LogP contribution in [-0.4, -0.2) is 41.7 Å². The first-order chi connectivity index (χ1) is 9.99. The minimum Gasteiger partial charge on any atom is -0.392 e. The summed E-state index contributed by atoms with van der Waals surface area (Å²) in [5, 5.41) is 16.1. The van der Waals surface area contributed by atoms with Gasteiger partial charge in [0.15, 0.2) is 0 Å². The Kier molecular flexibility index (Phi) is 4.98. The molecule has 1 amide bonds. The van der Waals surface area contributed by atoms with Gasteiger partial charge >= 0.3 is 0 Å². The summed E-state index contributed by atoms with van der Waals surface area (Å²) in [5.41, 5.74) is 4.03. The van der Waals surface area contributed by atoms with Gasteiger partial charge in [-0.05, 0) is 44.5 Å². The summed E-state index contributed by atoms with van der Waals surface area (Å²) in [5.74, 6) is -0.0750. The largest absolute Gasteiger partial charge is 0.392 e. The molecule has 0 spiro atoms. The summed E-state index contributed by atoms with van der Waals surface area (Å²) in [4.78, 5) is 15.4. The molecule has 1 heterocycles. The van der Waals surface area contributed by atoms with E-state index in [2.05, 4.69) is 22.5 Å². The number of carbonyl (C=O) groups is 1. The molecule has 0 radical (unpaired) electrons. The summed E-state index contributed by atoms with van der Waals surface area (Å²) >= 11 is 0. The number of hydrogen-bond acceptors (Lipinski definition) is 3. The maximum absolute atomic E-state index is 12.1. The SMILES string of the molecule is Cc1[nH]c2ccc(C(=O)NCCNCC(C)O)cc2c1C. The van der Waals surface area contributed by atoms with Gasteiger partial charge in [-0.1, -0.05) is 0 Å². The number of aliphatic hydroxyl groups is 1. The number of carbonyl (C=O) groups excluding carboxylic acids is 1. The van der Waals surface area contributed by atoms with Crippen LogP contribution in [0.15, 0.2) is 18.2 Å². The van der Waals surface area contributed by atoms with Crippen molar-refractivity contribution in [1.29, 1.82) is 0 Å². The summed E-state index contributed by atoms with van der Waals surface area (Å²) in [6.07, 6.45) is -0.372. The van der Waals surface area contributed by atoms with Gasteiger partial charge in [0.1, 0.15) is 0 Å². The number of aromatic amines is 1. The first-order valence-electron chi connectivity index (χ1n) is 7.25. The van der Waals surface area contributed by atoms with Crippen LogP contribution >= 0.6 is 0 Å². The zero-order valence-electron chi connectivity index (χ0n) is 12.8. The Hall–Kier alpha value is -1.85. The van der Waals surface area contributed by atoms with Crippen LogP contribution in [0.1, 0.15) is 28.5 Å². The molecule has 5 nitrogen and oxygen atoms in total. The Balaban J connectivity index is 1.95. The molecule has 0 aliphatic heterocycles. The number of rotatable bonds is 6. The summed E-state index contributed by atoms with van der Waals surface area (Å²) in [6, 6.07) is 5.69. The molecule has 5 heteroatoms. The fourth-order valence-electron chi connectivity index (χ4n) is 2.28. The fourth-order valence-corrected chi connectivity index (χ4v) is 2.28. The smallest absolute Gasteiger partial charge is 0.251 e. The fraction of sp³-hybridized carbons (Fsp3) is 0.438. The lowest BCUT2D eigenvalue weighted by atomic mass is 10.1. The summed E-state index contributed by atoms with van der Waals surface area (Å²) in [7, 11) is 0. The number of H-pyrrole nitrogens is 1. The molecule has 2 aromatic rings. The average Bonchev–Trinajstić information content (AvgIpc) is 2.73. The molecule has 0 aliphatic rings. The van der Waals surface area contributed by atoms with E-state index in [9.17, 15) is 4.79 Å². The minimum absolute atomic E-state index is 0.0750. The van der Waals surface area contributed by atoms with E-state index in [1.165, 1.54) is 5.56 Å². The lowest BCUT2D eigenvalue weighted by Crippen LogP contribution is -2.34. The highest BCUT2D eigenvalue weighted by Gasteiger charge is 2.09. The normalized spacial score (nSPS) is 12.6. The summed E-state index contributed by atoms with van der Waals surface area (Å²) < 4.78 is 0. The number of amides is 1. The van der Waals surface area contributed by atoms with Gasteiger partial charge in [-0.3, -0.25) is 4.79 Å². The first kappa shape index (κ1) is 15.5. The van der Waals surface area contributed by atoms with E-state index in [0.29, 0.717) is 25.2 Å². The van der Waals surface area contributed by atoms with E-state index in [1.807, 2.05) is 25.1 Å². The second-order valence-electron chi connectivity index (χ2n) is 5.44. The van der Waals surface area contributed by atoms with E-state index < -0.39 is 0 Å². The molecule has 0 fully saturated rings. The molecule has 114 valence electrons. The van der Waals surface area contributed by atoms with E-state index in [1.54, 1.807) is 6.92 Å². The van der Waals surface area contributed by atoms with Crippen LogP contribution in [0.25, 0.3) is 10.9 Å². The van der Waals surface area contributed by atoms with Gasteiger partial charge in [0.05, 0.1) is 6.10 Å². The van der Waals surface area contributed by atoms with Crippen molar-refractivity contribution in [3.05, 3.63) is 35.0 Å². The molecule has 1 atom stereocenters. The van der Waals surface area contributed by atoms with Crippen LogP contribution in [0.3, 0.4) is 0 Å². The topological polar surface area (TPSA) is 77.2 Å². The molecule has 1 aromatic carbocycles. The molecule has 2 rings (SSSR count). The van der Waals surface area contributed by atoms with Crippen LogP contribution in [0.2, 0.25) is 0 Å². The highest BCUT2D eigenvalue weighted by molar-refractivity contribution is 5.99. The van der Waals surface area contributed by atoms with Crippen molar-refractivity contribution in [3.8, 4) is 0 Å². The van der Waals surface area contributed by atoms with E-state index in [4.69, 9.17) is 5.11 Å². The van der Waals surface area contributed by atoms with Crippen molar-refractivity contribution < 1.29 is 9.90 Å². The van der Waals surface area contributed by atoms with Gasteiger partial charge in [0, 0.05) is 41.8 Å². The molecular formula is C16H23N3O2. The van der Waals surface area contributed by atoms with Crippen LogP contribution < -0.4 is 10.6 Å². The third-order valence-corrected chi connectivity index (χ3v) is 3.60. The van der Waals surface area contributed by atoms with Gasteiger partial charge < -0.3 is 20.7 Å². The van der Waals surface area contributed by atoms with Gasteiger partial charge in [-0.15, -0.1) is 0 Å². The van der Waals surface area contributed by atoms with Gasteiger partial charge in [-0.25, -0.2) is 0 Å². The zero-order chi connectivity index (χ0) is 15.4. The van der Waals surface area contributed by atoms with Crippen molar-refractivity contribution in [1.82, 2.24) is 15.6 Å². The Morgan fingerprint density at radius 1 is 1.33 bits per heavy atom. The van der Waals surface area contributed by atoms with Gasteiger partial charge in [-0.2, -0.15) is 0 Å². The molecule has 0 saturated carbocycles. The molecule has 21 heavy (non-hydrogen) atoms. The predicted octanol–water partition coefficient (Wildman–Crippen LogP) is 1.48. The molecule has 1 aromatic heterocycles. The van der Waals surface area contributed by atoms with Crippen LogP contribution in [0.4, 0.5) is 0 Å². The number of aliphatic hydroxyl groups excluding tert-OH is 1. The predicted molar refractivity (Wildman–Crippen MR) is 84.7 cm³/mol. The van der Waals surface area contributed by atoms with Crippen LogP contribution in [-0.2, 0) is 0 Å². The maximum atomic E-state index is 12.1. The van der Waals surface area contributed by atoms with Crippen molar-refractivity contribution in [2.45, 2.75) is 26.9 Å². The Morgan fingerprint density at radius 2 is 2.10 bits per heavy atom. The molecule has 1 unspecified atom stereocenters. The molecular weight excluding hydrogens is 266 g/mol. The zero-order valence-corrected chi connectivity index (χ0v) is 12.8. The lowest BCUT2D eigenvalue weighted by Gasteiger charge is -2.08. The Bertz CT molecular complexity index is 632. The van der Waals surface area contributed by atoms with Gasteiger partial charge in [0.2, 0.25) is 0 Å². The highest BCUT2D eigenvalue weighted by atomic mass is 16.3. The first-order valence-corrected chi connectivity index (χ1v) is 7.25. The Morgan fingerprint density at radius 3 is 2.81 bits per heavy atom. The number of hydrogen-bond donors (Lipinski definition) is 4. The monoisotopic (exact) mass is 289 g/mol. The lowest BCUT2D eigenvalue weighted by molar-refractivity contribution is 0.0954. The maximum Gasteiger partial charge on any atom is 0.251 e. The quantitative estimate of drug-likeness (QED) is 0.608. The number of fused-ring (bicyclic) bond motifs is 1. The number of nitrogens with one attached hydrogen (secondary N) is 3.